The highest BCUT2D eigenvalue weighted by molar-refractivity contribution is 6.14. The molecule has 0 amide bonds. The molecule has 0 radical (unpaired) electrons. The molecule has 0 aliphatic rings. The standard InChI is InChI=1S/C54H37NO/c1-5-17-38(18-6-1)39-31-34-44(35-32-39)55(50-28-16-30-52-54(50)47-25-13-14-29-51(47)56-52)49-36-33-43(37-48(49)41-21-9-3-10-22-41)46-27-15-26-45(40-19-7-2-8-20-40)53(46)42-23-11-4-12-24-42/h1-37H. The van der Waals surface area contributed by atoms with Crippen LogP contribution < -0.4 is 4.90 Å². The van der Waals surface area contributed by atoms with Crippen LogP contribution >= 0.6 is 0 Å². The molecule has 56 heavy (non-hydrogen) atoms. The third-order valence-electron chi connectivity index (χ3n) is 10.7. The van der Waals surface area contributed by atoms with Gasteiger partial charge in [0.05, 0.1) is 16.8 Å². The lowest BCUT2D eigenvalue weighted by molar-refractivity contribution is 0.669. The topological polar surface area (TPSA) is 16.4 Å². The molecule has 0 spiro atoms. The van der Waals surface area contributed by atoms with Crippen LogP contribution in [-0.4, -0.2) is 0 Å². The van der Waals surface area contributed by atoms with Gasteiger partial charge in [0.15, 0.2) is 0 Å². The fourth-order valence-electron chi connectivity index (χ4n) is 8.10. The molecule has 1 aromatic heterocycles. The molecule has 10 rings (SSSR count). The van der Waals surface area contributed by atoms with Crippen LogP contribution in [0.4, 0.5) is 17.1 Å². The fourth-order valence-corrected chi connectivity index (χ4v) is 8.10. The van der Waals surface area contributed by atoms with Gasteiger partial charge in [-0.05, 0) is 92.5 Å². The Morgan fingerprint density at radius 3 is 1.48 bits per heavy atom. The van der Waals surface area contributed by atoms with Gasteiger partial charge in [-0.2, -0.15) is 0 Å². The van der Waals surface area contributed by atoms with Crippen molar-refractivity contribution >= 4 is 39.0 Å². The van der Waals surface area contributed by atoms with E-state index in [2.05, 4.69) is 223 Å². The van der Waals surface area contributed by atoms with Crippen molar-refractivity contribution in [2.75, 3.05) is 4.90 Å². The van der Waals surface area contributed by atoms with Gasteiger partial charge >= 0.3 is 0 Å². The maximum Gasteiger partial charge on any atom is 0.137 e. The molecule has 0 unspecified atom stereocenters. The van der Waals surface area contributed by atoms with Crippen LogP contribution in [0.25, 0.3) is 77.6 Å². The van der Waals surface area contributed by atoms with Crippen LogP contribution in [0, 0.1) is 0 Å². The van der Waals surface area contributed by atoms with Crippen molar-refractivity contribution in [3.63, 3.8) is 0 Å². The summed E-state index contributed by atoms with van der Waals surface area (Å²) in [4.78, 5) is 2.41. The third kappa shape index (κ3) is 6.04. The Morgan fingerprint density at radius 2 is 0.804 bits per heavy atom. The lowest BCUT2D eigenvalue weighted by Gasteiger charge is -2.29. The molecule has 264 valence electrons. The van der Waals surface area contributed by atoms with Gasteiger partial charge in [-0.15, -0.1) is 0 Å². The van der Waals surface area contributed by atoms with Crippen LogP contribution in [0.3, 0.4) is 0 Å². The van der Waals surface area contributed by atoms with Gasteiger partial charge in [0, 0.05) is 16.6 Å². The Balaban J connectivity index is 1.23. The van der Waals surface area contributed by atoms with Gasteiger partial charge < -0.3 is 9.32 Å². The molecule has 0 saturated carbocycles. The second-order valence-electron chi connectivity index (χ2n) is 14.1. The van der Waals surface area contributed by atoms with Gasteiger partial charge in [-0.25, -0.2) is 0 Å². The number of fused-ring (bicyclic) bond motifs is 3. The van der Waals surface area contributed by atoms with Crippen molar-refractivity contribution in [1.82, 2.24) is 0 Å². The van der Waals surface area contributed by atoms with Crippen LogP contribution in [0.2, 0.25) is 0 Å². The summed E-state index contributed by atoms with van der Waals surface area (Å²) in [7, 11) is 0. The summed E-state index contributed by atoms with van der Waals surface area (Å²) in [6, 6.07) is 80.1. The van der Waals surface area contributed by atoms with Crippen LogP contribution in [0.15, 0.2) is 229 Å². The van der Waals surface area contributed by atoms with E-state index in [9.17, 15) is 0 Å². The third-order valence-corrected chi connectivity index (χ3v) is 10.7. The highest BCUT2D eigenvalue weighted by Crippen LogP contribution is 2.48. The second kappa shape index (κ2) is 14.4. The number of hydrogen-bond donors (Lipinski definition) is 0. The Hall–Kier alpha value is -7.42. The van der Waals surface area contributed by atoms with E-state index in [1.54, 1.807) is 0 Å². The van der Waals surface area contributed by atoms with Crippen molar-refractivity contribution in [3.8, 4) is 55.6 Å². The zero-order valence-electron chi connectivity index (χ0n) is 30.7. The number of rotatable bonds is 8. The second-order valence-corrected chi connectivity index (χ2v) is 14.1. The van der Waals surface area contributed by atoms with E-state index >= 15 is 0 Å². The van der Waals surface area contributed by atoms with Crippen LogP contribution in [0.5, 0.6) is 0 Å². The van der Waals surface area contributed by atoms with Gasteiger partial charge in [0.2, 0.25) is 0 Å². The van der Waals surface area contributed by atoms with E-state index in [0.29, 0.717) is 0 Å². The number of anilines is 3. The first-order chi connectivity index (χ1) is 27.8. The Morgan fingerprint density at radius 1 is 0.304 bits per heavy atom. The van der Waals surface area contributed by atoms with Gasteiger partial charge in [-0.3, -0.25) is 0 Å². The first-order valence-electron chi connectivity index (χ1n) is 19.1. The molecule has 0 fully saturated rings. The summed E-state index contributed by atoms with van der Waals surface area (Å²) in [5, 5.41) is 2.17. The molecule has 2 heteroatoms. The summed E-state index contributed by atoms with van der Waals surface area (Å²) in [6.45, 7) is 0. The Bertz CT molecular complexity index is 2930. The molecule has 0 aliphatic carbocycles. The molecule has 0 saturated heterocycles. The summed E-state index contributed by atoms with van der Waals surface area (Å²) in [6.07, 6.45) is 0. The van der Waals surface area contributed by atoms with Crippen molar-refractivity contribution in [1.29, 1.82) is 0 Å². The molecule has 0 atom stereocenters. The van der Waals surface area contributed by atoms with E-state index in [4.69, 9.17) is 4.42 Å². The molecule has 2 nitrogen and oxygen atoms in total. The minimum absolute atomic E-state index is 0.859. The maximum absolute atomic E-state index is 6.46. The lowest BCUT2D eigenvalue weighted by atomic mass is 9.86. The largest absolute Gasteiger partial charge is 0.456 e. The highest BCUT2D eigenvalue weighted by Gasteiger charge is 2.23. The van der Waals surface area contributed by atoms with Crippen molar-refractivity contribution in [2.45, 2.75) is 0 Å². The average molecular weight is 716 g/mol. The molecular weight excluding hydrogens is 679 g/mol. The summed E-state index contributed by atoms with van der Waals surface area (Å²) in [5.41, 5.74) is 16.7. The van der Waals surface area contributed by atoms with Crippen LogP contribution in [-0.2, 0) is 0 Å². The minimum Gasteiger partial charge on any atom is -0.456 e. The van der Waals surface area contributed by atoms with Crippen LogP contribution in [0.1, 0.15) is 0 Å². The summed E-state index contributed by atoms with van der Waals surface area (Å²) >= 11 is 0. The Labute approximate surface area is 327 Å². The quantitative estimate of drug-likeness (QED) is 0.156. The summed E-state index contributed by atoms with van der Waals surface area (Å²) in [5.74, 6) is 0. The summed E-state index contributed by atoms with van der Waals surface area (Å²) < 4.78 is 6.46. The maximum atomic E-state index is 6.46. The van der Waals surface area contributed by atoms with Gasteiger partial charge in [-0.1, -0.05) is 182 Å². The number of benzene rings is 9. The van der Waals surface area contributed by atoms with E-state index in [0.717, 1.165) is 55.7 Å². The van der Waals surface area contributed by atoms with E-state index in [1.165, 1.54) is 38.9 Å². The first-order valence-corrected chi connectivity index (χ1v) is 19.1. The molecule has 0 aliphatic heterocycles. The molecule has 10 aromatic rings. The zero-order chi connectivity index (χ0) is 37.3. The molecule has 9 aromatic carbocycles. The van der Waals surface area contributed by atoms with Crippen molar-refractivity contribution in [3.05, 3.63) is 224 Å². The van der Waals surface area contributed by atoms with Gasteiger partial charge in [0.1, 0.15) is 11.2 Å². The first kappa shape index (κ1) is 33.2. The van der Waals surface area contributed by atoms with E-state index in [1.807, 2.05) is 6.07 Å². The smallest absolute Gasteiger partial charge is 0.137 e. The highest BCUT2D eigenvalue weighted by atomic mass is 16.3. The molecule has 1 heterocycles. The SMILES string of the molecule is c1ccc(-c2ccc(N(c3ccc(-c4cccc(-c5ccccc5)c4-c4ccccc4)cc3-c3ccccc3)c3cccc4oc5ccccc5c34)cc2)cc1. The number of hydrogen-bond acceptors (Lipinski definition) is 2. The normalized spacial score (nSPS) is 11.2. The number of para-hydroxylation sites is 1. The lowest BCUT2D eigenvalue weighted by Crippen LogP contribution is -2.12. The Kier molecular flexibility index (Phi) is 8.55. The predicted molar refractivity (Wildman–Crippen MR) is 236 cm³/mol. The molecule has 0 N–H and O–H groups in total. The minimum atomic E-state index is 0.859. The number of nitrogens with zero attached hydrogens (tertiary/aromatic N) is 1. The van der Waals surface area contributed by atoms with E-state index < -0.39 is 0 Å². The number of furan rings is 1. The van der Waals surface area contributed by atoms with Crippen molar-refractivity contribution in [2.24, 2.45) is 0 Å². The molecular formula is C54H37NO. The molecule has 0 bridgehead atoms. The zero-order valence-corrected chi connectivity index (χ0v) is 30.7. The average Bonchev–Trinajstić information content (AvgIpc) is 3.67. The van der Waals surface area contributed by atoms with Crippen molar-refractivity contribution < 1.29 is 4.42 Å². The fraction of sp³-hybridized carbons (Fsp3) is 0. The predicted octanol–water partition coefficient (Wildman–Crippen LogP) is 15.4. The monoisotopic (exact) mass is 715 g/mol. The van der Waals surface area contributed by atoms with Gasteiger partial charge in [0.25, 0.3) is 0 Å². The van der Waals surface area contributed by atoms with E-state index in [-0.39, 0.29) is 0 Å².